The summed E-state index contributed by atoms with van der Waals surface area (Å²) in [6.07, 6.45) is 13.8. The van der Waals surface area contributed by atoms with Gasteiger partial charge in [-0.1, -0.05) is 86.2 Å². The quantitative estimate of drug-likeness (QED) is 0.0943. The van der Waals surface area contributed by atoms with Crippen molar-refractivity contribution in [3.05, 3.63) is 107 Å². The van der Waals surface area contributed by atoms with Crippen molar-refractivity contribution >= 4 is 71.4 Å². The standard InChI is InChI=1S/C40H40N2O4S/c1-2-3-25-41-34(32-17-7-11-28-13-9-19-36(41)38(28)32)23-21-30-15-6-16-31(40(30)43)22-24-35-33-18-8-12-29-14-10-20-37(39(29)33)42(35)26-4-5-27-47(44,45)46/h7-14,17-24H,2-6,15-16,25-27H2,1H3,(H,44,45,46)/b30-21+,31-22+,34-23+,35-24+. The van der Waals surface area contributed by atoms with Crippen molar-refractivity contribution in [2.45, 2.75) is 65.0 Å². The zero-order valence-corrected chi connectivity index (χ0v) is 27.6. The van der Waals surface area contributed by atoms with Gasteiger partial charge in [-0.05, 0) is 84.7 Å². The van der Waals surface area contributed by atoms with Crippen LogP contribution in [0.3, 0.4) is 0 Å². The number of rotatable bonds is 10. The molecule has 1 aliphatic rings. The molecule has 0 amide bonds. The van der Waals surface area contributed by atoms with Gasteiger partial charge in [-0.25, -0.2) is 0 Å². The maximum atomic E-state index is 13.9. The third-order valence-corrected chi connectivity index (χ3v) is 10.4. The number of unbranched alkanes of at least 4 members (excludes halogenated alkanes) is 2. The Bertz CT molecular complexity index is 2410. The van der Waals surface area contributed by atoms with Crippen LogP contribution in [0, 0.1) is 0 Å². The van der Waals surface area contributed by atoms with Crippen molar-refractivity contribution in [3.8, 4) is 0 Å². The molecule has 2 heterocycles. The number of nitrogens with zero attached hydrogens (tertiary/aromatic N) is 2. The van der Waals surface area contributed by atoms with Crippen LogP contribution < -0.4 is 10.7 Å². The van der Waals surface area contributed by atoms with Crippen LogP contribution in [0.1, 0.15) is 51.9 Å². The van der Waals surface area contributed by atoms with E-state index in [1.165, 1.54) is 21.7 Å². The summed E-state index contributed by atoms with van der Waals surface area (Å²) in [6, 6.07) is 25.5. The Labute approximate surface area is 275 Å². The van der Waals surface area contributed by atoms with Gasteiger partial charge < -0.3 is 9.13 Å². The van der Waals surface area contributed by atoms with Gasteiger partial charge in [0.1, 0.15) is 0 Å². The molecule has 7 rings (SSSR count). The summed E-state index contributed by atoms with van der Waals surface area (Å²) in [6.45, 7) is 3.76. The number of benzene rings is 4. The lowest BCUT2D eigenvalue weighted by Gasteiger charge is -2.15. The van der Waals surface area contributed by atoms with Crippen LogP contribution in [0.25, 0.3) is 55.5 Å². The van der Waals surface area contributed by atoms with E-state index < -0.39 is 10.1 Å². The molecular weight excluding hydrogens is 605 g/mol. The van der Waals surface area contributed by atoms with Crippen LogP contribution in [0.2, 0.25) is 0 Å². The van der Waals surface area contributed by atoms with E-state index in [2.05, 4.69) is 101 Å². The SMILES string of the molecule is CCCCn1/c(=C/C=C2\CCC/C(=C\C=c3/c4cccc5cccc(c54)n3CCCCS(=O)(=O)O)C2=O)c2cccc3cccc1c32. The summed E-state index contributed by atoms with van der Waals surface area (Å²) in [5.74, 6) is -0.148. The molecule has 6 nitrogen and oxygen atoms in total. The fraction of sp³-hybridized carbons (Fsp3) is 0.275. The Kier molecular flexibility index (Phi) is 8.60. The minimum Gasteiger partial charge on any atom is -0.340 e. The lowest BCUT2D eigenvalue weighted by Crippen LogP contribution is -2.18. The smallest absolute Gasteiger partial charge is 0.264 e. The molecule has 0 bridgehead atoms. The number of allylic oxidation sites excluding steroid dienone is 4. The van der Waals surface area contributed by atoms with Crippen molar-refractivity contribution in [2.24, 2.45) is 0 Å². The van der Waals surface area contributed by atoms with Gasteiger partial charge in [0.05, 0.1) is 5.75 Å². The molecule has 0 unspecified atom stereocenters. The average Bonchev–Trinajstić information content (AvgIpc) is 3.54. The summed E-state index contributed by atoms with van der Waals surface area (Å²) in [5.41, 5.74) is 3.97. The van der Waals surface area contributed by atoms with E-state index in [1.54, 1.807) is 0 Å². The highest BCUT2D eigenvalue weighted by molar-refractivity contribution is 7.85. The molecule has 0 saturated heterocycles. The van der Waals surface area contributed by atoms with Crippen LogP contribution >= 0.6 is 0 Å². The van der Waals surface area contributed by atoms with Crippen molar-refractivity contribution in [1.29, 1.82) is 0 Å². The van der Waals surface area contributed by atoms with E-state index in [4.69, 9.17) is 0 Å². The van der Waals surface area contributed by atoms with Crippen molar-refractivity contribution in [3.63, 3.8) is 0 Å². The first-order valence-electron chi connectivity index (χ1n) is 16.7. The maximum Gasteiger partial charge on any atom is 0.264 e. The van der Waals surface area contributed by atoms with Gasteiger partial charge in [-0.2, -0.15) is 8.42 Å². The fourth-order valence-corrected chi connectivity index (χ4v) is 7.93. The monoisotopic (exact) mass is 644 g/mol. The first kappa shape index (κ1) is 31.2. The number of aromatic nitrogens is 2. The first-order chi connectivity index (χ1) is 22.8. The highest BCUT2D eigenvalue weighted by Gasteiger charge is 2.20. The van der Waals surface area contributed by atoms with Crippen molar-refractivity contribution < 1.29 is 17.8 Å². The minimum absolute atomic E-state index is 0.104. The Morgan fingerprint density at radius 2 is 1.17 bits per heavy atom. The fourth-order valence-electron chi connectivity index (χ4n) is 7.36. The molecule has 0 aliphatic heterocycles. The number of carbonyl (C=O) groups excluding carboxylic acids is 1. The van der Waals surface area contributed by atoms with E-state index in [9.17, 15) is 17.8 Å². The van der Waals surface area contributed by atoms with Crippen molar-refractivity contribution in [2.75, 3.05) is 5.75 Å². The molecule has 0 spiro atoms. The number of hydrogen-bond acceptors (Lipinski definition) is 3. The Morgan fingerprint density at radius 1 is 0.681 bits per heavy atom. The summed E-state index contributed by atoms with van der Waals surface area (Å²) >= 11 is 0. The molecule has 6 aromatic rings. The molecule has 1 saturated carbocycles. The highest BCUT2D eigenvalue weighted by atomic mass is 32.2. The van der Waals surface area contributed by atoms with E-state index in [0.717, 1.165) is 82.2 Å². The Hall–Kier alpha value is -4.46. The lowest BCUT2D eigenvalue weighted by molar-refractivity contribution is -0.113. The predicted octanol–water partition coefficient (Wildman–Crippen LogP) is 7.68. The first-order valence-corrected chi connectivity index (χ1v) is 18.4. The second-order valence-electron chi connectivity index (χ2n) is 12.7. The van der Waals surface area contributed by atoms with Gasteiger partial charge in [-0.3, -0.25) is 9.35 Å². The molecule has 2 aromatic heterocycles. The number of Topliss-reactive ketones (excluding diaryl/α,β-unsaturated/α-hetero) is 1. The third-order valence-electron chi connectivity index (χ3n) is 9.61. The van der Waals surface area contributed by atoms with Gasteiger partial charge in [0.15, 0.2) is 5.78 Å². The van der Waals surface area contributed by atoms with Crippen LogP contribution in [0.4, 0.5) is 0 Å². The van der Waals surface area contributed by atoms with E-state index in [1.807, 2.05) is 12.1 Å². The second kappa shape index (κ2) is 13.0. The zero-order valence-electron chi connectivity index (χ0n) is 26.8. The van der Waals surface area contributed by atoms with E-state index in [-0.39, 0.29) is 11.5 Å². The van der Waals surface area contributed by atoms with E-state index >= 15 is 0 Å². The molecule has 0 radical (unpaired) electrons. The third kappa shape index (κ3) is 6.06. The average molecular weight is 645 g/mol. The molecule has 4 aromatic carbocycles. The molecular formula is C40H40N2O4S. The zero-order chi connectivity index (χ0) is 32.5. The second-order valence-corrected chi connectivity index (χ2v) is 14.3. The van der Waals surface area contributed by atoms with Crippen LogP contribution in [-0.4, -0.2) is 33.6 Å². The number of aryl methyl sites for hydroxylation is 2. The molecule has 1 N–H and O–H groups in total. The highest BCUT2D eigenvalue weighted by Crippen LogP contribution is 2.29. The van der Waals surface area contributed by atoms with Crippen LogP contribution in [0.15, 0.2) is 96.1 Å². The van der Waals surface area contributed by atoms with Gasteiger partial charge >= 0.3 is 0 Å². The molecule has 47 heavy (non-hydrogen) atoms. The Balaban J connectivity index is 1.27. The molecule has 7 heteroatoms. The summed E-state index contributed by atoms with van der Waals surface area (Å²) in [4.78, 5) is 13.9. The van der Waals surface area contributed by atoms with Gasteiger partial charge in [-0.15, -0.1) is 0 Å². The van der Waals surface area contributed by atoms with Crippen LogP contribution in [0.5, 0.6) is 0 Å². The summed E-state index contributed by atoms with van der Waals surface area (Å²) < 4.78 is 36.5. The van der Waals surface area contributed by atoms with Gasteiger partial charge in [0.2, 0.25) is 0 Å². The van der Waals surface area contributed by atoms with Gasteiger partial charge in [0, 0.05) is 56.4 Å². The molecule has 1 aliphatic carbocycles. The van der Waals surface area contributed by atoms with Gasteiger partial charge in [0.25, 0.3) is 10.1 Å². The Morgan fingerprint density at radius 3 is 1.66 bits per heavy atom. The molecule has 240 valence electrons. The minimum atomic E-state index is -4.00. The predicted molar refractivity (Wildman–Crippen MR) is 194 cm³/mol. The summed E-state index contributed by atoms with van der Waals surface area (Å²) in [7, 11) is -4.00. The van der Waals surface area contributed by atoms with Crippen molar-refractivity contribution in [1.82, 2.24) is 9.13 Å². The number of carbonyl (C=O) groups is 1. The van der Waals surface area contributed by atoms with Crippen LogP contribution in [-0.2, 0) is 28.0 Å². The largest absolute Gasteiger partial charge is 0.340 e. The summed E-state index contributed by atoms with van der Waals surface area (Å²) in [5, 5.41) is 9.32. The number of hydrogen-bond donors (Lipinski definition) is 1. The molecule has 1 fully saturated rings. The normalized spacial score (nSPS) is 17.2. The topological polar surface area (TPSA) is 81.3 Å². The lowest BCUT2D eigenvalue weighted by atomic mass is 9.88. The van der Waals surface area contributed by atoms with E-state index in [0.29, 0.717) is 19.4 Å². The molecule has 0 atom stereocenters. The maximum absolute atomic E-state index is 13.9. The number of ketones is 1.